The lowest BCUT2D eigenvalue weighted by molar-refractivity contribution is -0.154. The van der Waals surface area contributed by atoms with E-state index in [9.17, 15) is 14.4 Å². The van der Waals surface area contributed by atoms with Gasteiger partial charge in [0.1, 0.15) is 19.1 Å². The average Bonchev–Trinajstić information content (AvgIpc) is 2.85. The zero-order valence-electron chi connectivity index (χ0n) is 18.8. The van der Waals surface area contributed by atoms with E-state index in [0.717, 1.165) is 11.1 Å². The Morgan fingerprint density at radius 3 is 1.88 bits per heavy atom. The Morgan fingerprint density at radius 2 is 1.33 bits per heavy atom. The van der Waals surface area contributed by atoms with E-state index in [0.29, 0.717) is 25.8 Å². The van der Waals surface area contributed by atoms with Crippen molar-refractivity contribution >= 4 is 17.8 Å². The Bertz CT molecular complexity index is 861. The van der Waals surface area contributed by atoms with Crippen molar-refractivity contribution in [1.82, 2.24) is 5.32 Å². The number of alkyl carbamates (subject to hydrolysis) is 1. The summed E-state index contributed by atoms with van der Waals surface area (Å²) in [7, 11) is 0. The Morgan fingerprint density at radius 1 is 0.758 bits per heavy atom. The van der Waals surface area contributed by atoms with Crippen LogP contribution in [0.25, 0.3) is 0 Å². The third kappa shape index (κ3) is 9.43. The first-order valence-electron chi connectivity index (χ1n) is 11.2. The summed E-state index contributed by atoms with van der Waals surface area (Å²) in [4.78, 5) is 38.3. The van der Waals surface area contributed by atoms with Gasteiger partial charge in [-0.25, -0.2) is 4.79 Å². The summed E-state index contributed by atoms with van der Waals surface area (Å²) in [5, 5.41) is 2.61. The number of ether oxygens (including phenoxy) is 2. The van der Waals surface area contributed by atoms with Gasteiger partial charge in [0.2, 0.25) is 0 Å². The van der Waals surface area contributed by atoms with E-state index < -0.39 is 29.8 Å². The highest BCUT2D eigenvalue weighted by Crippen LogP contribution is 2.15. The van der Waals surface area contributed by atoms with Crippen LogP contribution in [0.5, 0.6) is 0 Å². The van der Waals surface area contributed by atoms with Crippen LogP contribution in [-0.4, -0.2) is 37.0 Å². The molecule has 178 valence electrons. The van der Waals surface area contributed by atoms with Crippen LogP contribution in [0.1, 0.15) is 36.8 Å². The third-order valence-corrected chi connectivity index (χ3v) is 5.10. The highest BCUT2D eigenvalue weighted by atomic mass is 16.5. The average molecular weight is 456 g/mol. The first kappa shape index (κ1) is 26.0. The monoisotopic (exact) mass is 455 g/mol. The lowest BCUT2D eigenvalue weighted by Crippen LogP contribution is -2.46. The summed E-state index contributed by atoms with van der Waals surface area (Å²) in [6.45, 7) is 0.718. The van der Waals surface area contributed by atoms with Gasteiger partial charge in [-0.15, -0.1) is 0 Å². The Balaban J connectivity index is 2.01. The normalized spacial score (nSPS) is 12.4. The quantitative estimate of drug-likeness (QED) is 0.226. The van der Waals surface area contributed by atoms with Crippen LogP contribution in [0.4, 0.5) is 4.79 Å². The maximum Gasteiger partial charge on any atom is 0.408 e. The van der Waals surface area contributed by atoms with Crippen molar-refractivity contribution in [3.63, 3.8) is 0 Å². The molecule has 8 heteroatoms. The number of hydrogen-bond donors (Lipinski definition) is 3. The molecule has 2 unspecified atom stereocenters. The summed E-state index contributed by atoms with van der Waals surface area (Å²) in [5.41, 5.74) is 12.9. The molecular weight excluding hydrogens is 422 g/mol. The predicted molar refractivity (Wildman–Crippen MR) is 125 cm³/mol. The highest BCUT2D eigenvalue weighted by molar-refractivity contribution is 6.02. The van der Waals surface area contributed by atoms with E-state index in [-0.39, 0.29) is 26.2 Å². The standard InChI is InChI=1S/C25H33N3O5/c26-15-8-7-13-22(28-25(31)33-18-20-11-5-2-6-12-20)23(29)21(14-16-27)24(30)32-17-19-9-3-1-4-10-19/h1-6,9-12,21-22H,7-8,13-18,26-27H2,(H,28,31). The van der Waals surface area contributed by atoms with E-state index >= 15 is 0 Å². The number of carbonyl (C=O) groups excluding carboxylic acids is 3. The predicted octanol–water partition coefficient (Wildman–Crippen LogP) is 2.69. The second-order valence-electron chi connectivity index (χ2n) is 7.67. The minimum absolute atomic E-state index is 0.0540. The van der Waals surface area contributed by atoms with Crippen molar-refractivity contribution in [3.05, 3.63) is 71.8 Å². The molecule has 2 atom stereocenters. The number of benzene rings is 2. The van der Waals surface area contributed by atoms with Crippen LogP contribution in [-0.2, 0) is 32.3 Å². The van der Waals surface area contributed by atoms with Crippen molar-refractivity contribution < 1.29 is 23.9 Å². The molecule has 33 heavy (non-hydrogen) atoms. The van der Waals surface area contributed by atoms with Gasteiger partial charge in [0.05, 0.1) is 6.04 Å². The second kappa shape index (κ2) is 14.8. The molecule has 8 nitrogen and oxygen atoms in total. The maximum atomic E-state index is 13.2. The number of rotatable bonds is 14. The summed E-state index contributed by atoms with van der Waals surface area (Å²) in [5.74, 6) is -2.17. The number of carbonyl (C=O) groups is 3. The molecule has 2 rings (SSSR count). The smallest absolute Gasteiger partial charge is 0.408 e. The van der Waals surface area contributed by atoms with Crippen molar-refractivity contribution in [2.24, 2.45) is 17.4 Å². The largest absolute Gasteiger partial charge is 0.460 e. The Kier molecular flexibility index (Phi) is 11.6. The second-order valence-corrected chi connectivity index (χ2v) is 7.67. The van der Waals surface area contributed by atoms with E-state index in [4.69, 9.17) is 20.9 Å². The van der Waals surface area contributed by atoms with E-state index in [1.54, 1.807) is 0 Å². The first-order chi connectivity index (χ1) is 16.0. The van der Waals surface area contributed by atoms with E-state index in [1.165, 1.54) is 0 Å². The number of ketones is 1. The number of esters is 1. The number of Topliss-reactive ketones (excluding diaryl/α,β-unsaturated/α-hetero) is 1. The molecule has 0 saturated carbocycles. The van der Waals surface area contributed by atoms with Gasteiger partial charge in [-0.3, -0.25) is 9.59 Å². The molecule has 2 aromatic rings. The topological polar surface area (TPSA) is 134 Å². The van der Waals surface area contributed by atoms with Gasteiger partial charge in [0.25, 0.3) is 0 Å². The lowest BCUT2D eigenvalue weighted by Gasteiger charge is -2.22. The van der Waals surface area contributed by atoms with Crippen LogP contribution in [0.15, 0.2) is 60.7 Å². The summed E-state index contributed by atoms with van der Waals surface area (Å²) >= 11 is 0. The van der Waals surface area contributed by atoms with Gasteiger partial charge in [0, 0.05) is 0 Å². The van der Waals surface area contributed by atoms with Crippen molar-refractivity contribution in [3.8, 4) is 0 Å². The fraction of sp³-hybridized carbons (Fsp3) is 0.400. The summed E-state index contributed by atoms with van der Waals surface area (Å²) in [6.07, 6.45) is 1.03. The van der Waals surface area contributed by atoms with Gasteiger partial charge in [-0.05, 0) is 49.9 Å². The number of amides is 1. The molecule has 0 spiro atoms. The summed E-state index contributed by atoms with van der Waals surface area (Å²) in [6, 6.07) is 17.5. The summed E-state index contributed by atoms with van der Waals surface area (Å²) < 4.78 is 10.6. The van der Waals surface area contributed by atoms with Crippen LogP contribution >= 0.6 is 0 Å². The van der Waals surface area contributed by atoms with Crippen molar-refractivity contribution in [2.75, 3.05) is 13.1 Å². The van der Waals surface area contributed by atoms with Crippen molar-refractivity contribution in [1.29, 1.82) is 0 Å². The third-order valence-electron chi connectivity index (χ3n) is 5.10. The molecule has 0 saturated heterocycles. The van der Waals surface area contributed by atoms with Crippen LogP contribution in [0.2, 0.25) is 0 Å². The number of unbranched alkanes of at least 4 members (excludes halogenated alkanes) is 1. The highest BCUT2D eigenvalue weighted by Gasteiger charge is 2.34. The van der Waals surface area contributed by atoms with Gasteiger partial charge in [-0.2, -0.15) is 0 Å². The van der Waals surface area contributed by atoms with Crippen LogP contribution in [0, 0.1) is 5.92 Å². The number of nitrogens with two attached hydrogens (primary N) is 2. The fourth-order valence-electron chi connectivity index (χ4n) is 3.30. The van der Waals surface area contributed by atoms with Crippen molar-refractivity contribution in [2.45, 2.75) is 44.9 Å². The van der Waals surface area contributed by atoms with Gasteiger partial charge in [0.15, 0.2) is 5.78 Å². The molecule has 1 amide bonds. The maximum absolute atomic E-state index is 13.2. The number of hydrogen-bond acceptors (Lipinski definition) is 7. The van der Waals surface area contributed by atoms with E-state index in [2.05, 4.69) is 5.32 Å². The Labute approximate surface area is 194 Å². The van der Waals surface area contributed by atoms with Crippen LogP contribution in [0.3, 0.4) is 0 Å². The molecule has 0 fully saturated rings. The molecule has 0 aliphatic carbocycles. The molecular formula is C25H33N3O5. The Hall–Kier alpha value is -3.23. The minimum atomic E-state index is -1.07. The minimum Gasteiger partial charge on any atom is -0.460 e. The molecule has 0 aliphatic rings. The zero-order chi connectivity index (χ0) is 23.9. The van der Waals surface area contributed by atoms with Gasteiger partial charge >= 0.3 is 12.1 Å². The lowest BCUT2D eigenvalue weighted by atomic mass is 9.92. The fourth-order valence-corrected chi connectivity index (χ4v) is 3.30. The molecule has 0 heterocycles. The zero-order valence-corrected chi connectivity index (χ0v) is 18.8. The number of nitrogens with one attached hydrogen (secondary N) is 1. The molecule has 0 aliphatic heterocycles. The molecule has 5 N–H and O–H groups in total. The first-order valence-corrected chi connectivity index (χ1v) is 11.2. The molecule has 0 aromatic heterocycles. The van der Waals surface area contributed by atoms with Gasteiger partial charge < -0.3 is 26.3 Å². The van der Waals surface area contributed by atoms with Crippen LogP contribution < -0.4 is 16.8 Å². The molecule has 0 bridgehead atoms. The SMILES string of the molecule is NCCCCC(NC(=O)OCc1ccccc1)C(=O)C(CCN)C(=O)OCc1ccccc1. The van der Waals surface area contributed by atoms with E-state index in [1.807, 2.05) is 60.7 Å². The molecule has 2 aromatic carbocycles. The van der Waals surface area contributed by atoms with Gasteiger partial charge in [-0.1, -0.05) is 60.7 Å². The molecule has 0 radical (unpaired) electrons.